The highest BCUT2D eigenvalue weighted by Gasteiger charge is 2.15. The van der Waals surface area contributed by atoms with Crippen molar-refractivity contribution in [3.63, 3.8) is 0 Å². The predicted molar refractivity (Wildman–Crippen MR) is 82.9 cm³/mol. The Bertz CT molecular complexity index is 611. The van der Waals surface area contributed by atoms with Gasteiger partial charge >= 0.3 is 0 Å². The number of aryl methyl sites for hydroxylation is 1. The maximum atomic E-state index is 12.1. The van der Waals surface area contributed by atoms with Crippen LogP contribution < -0.4 is 14.8 Å². The smallest absolute Gasteiger partial charge is 0.222 e. The van der Waals surface area contributed by atoms with Crippen molar-refractivity contribution in [2.45, 2.75) is 25.9 Å². The summed E-state index contributed by atoms with van der Waals surface area (Å²) in [5.74, 6) is 1.42. The lowest BCUT2D eigenvalue weighted by molar-refractivity contribution is -0.122. The number of aromatic nitrogens is 2. The van der Waals surface area contributed by atoms with E-state index in [2.05, 4.69) is 10.4 Å². The number of nitrogens with one attached hydrogen (secondary N) is 1. The quantitative estimate of drug-likeness (QED) is 0.851. The van der Waals surface area contributed by atoms with Gasteiger partial charge in [0.15, 0.2) is 0 Å². The molecule has 0 saturated heterocycles. The molecule has 0 saturated carbocycles. The average Bonchev–Trinajstić information content (AvgIpc) is 3.05. The van der Waals surface area contributed by atoms with Crippen molar-refractivity contribution >= 4 is 5.91 Å². The fraction of sp³-hybridized carbons (Fsp3) is 0.375. The van der Waals surface area contributed by atoms with E-state index in [4.69, 9.17) is 9.47 Å². The first-order valence-corrected chi connectivity index (χ1v) is 7.12. The third-order valence-corrected chi connectivity index (χ3v) is 3.41. The first kappa shape index (κ1) is 15.9. The standard InChI is InChI=1S/C16H21N3O3/c1-12(14-11-13(21-2)5-6-15(14)22-3)18-16(20)7-10-19-9-4-8-17-19/h4-6,8-9,11-12H,7,10H2,1-3H3,(H,18,20)/t12-/m1/s1. The zero-order valence-electron chi connectivity index (χ0n) is 13.1. The molecule has 6 nitrogen and oxygen atoms in total. The number of nitrogens with zero attached hydrogens (tertiary/aromatic N) is 2. The van der Waals surface area contributed by atoms with E-state index >= 15 is 0 Å². The van der Waals surface area contributed by atoms with Gasteiger partial charge in [0.1, 0.15) is 11.5 Å². The molecule has 118 valence electrons. The molecule has 22 heavy (non-hydrogen) atoms. The summed E-state index contributed by atoms with van der Waals surface area (Å²) in [4.78, 5) is 12.1. The van der Waals surface area contributed by atoms with Crippen LogP contribution in [-0.2, 0) is 11.3 Å². The molecular weight excluding hydrogens is 282 g/mol. The first-order chi connectivity index (χ1) is 10.6. The molecule has 2 aromatic rings. The third kappa shape index (κ3) is 4.00. The zero-order chi connectivity index (χ0) is 15.9. The molecule has 1 N–H and O–H groups in total. The average molecular weight is 303 g/mol. The summed E-state index contributed by atoms with van der Waals surface area (Å²) in [6.45, 7) is 2.48. The Labute approximate surface area is 130 Å². The van der Waals surface area contributed by atoms with Crippen LogP contribution in [0, 0.1) is 0 Å². The Balaban J connectivity index is 1.98. The van der Waals surface area contributed by atoms with Crippen molar-refractivity contribution in [1.82, 2.24) is 15.1 Å². The van der Waals surface area contributed by atoms with Crippen molar-refractivity contribution in [3.05, 3.63) is 42.2 Å². The minimum absolute atomic E-state index is 0.0344. The van der Waals surface area contributed by atoms with Crippen LogP contribution in [0.3, 0.4) is 0 Å². The summed E-state index contributed by atoms with van der Waals surface area (Å²) in [6.07, 6.45) is 3.90. The maximum Gasteiger partial charge on any atom is 0.222 e. The second-order valence-electron chi connectivity index (χ2n) is 4.92. The molecule has 1 heterocycles. The zero-order valence-corrected chi connectivity index (χ0v) is 13.1. The monoisotopic (exact) mass is 303 g/mol. The van der Waals surface area contributed by atoms with Gasteiger partial charge in [-0.15, -0.1) is 0 Å². The Morgan fingerprint density at radius 2 is 2.18 bits per heavy atom. The lowest BCUT2D eigenvalue weighted by atomic mass is 10.1. The lowest BCUT2D eigenvalue weighted by Crippen LogP contribution is -2.27. The van der Waals surface area contributed by atoms with Gasteiger partial charge in [0.2, 0.25) is 5.91 Å². The Morgan fingerprint density at radius 1 is 1.36 bits per heavy atom. The summed E-state index contributed by atoms with van der Waals surface area (Å²) in [7, 11) is 3.22. The molecule has 0 fully saturated rings. The summed E-state index contributed by atoms with van der Waals surface area (Å²) in [5.41, 5.74) is 0.884. The van der Waals surface area contributed by atoms with Crippen molar-refractivity contribution in [3.8, 4) is 11.5 Å². The highest BCUT2D eigenvalue weighted by atomic mass is 16.5. The van der Waals surface area contributed by atoms with Crippen LogP contribution in [0.25, 0.3) is 0 Å². The van der Waals surface area contributed by atoms with Crippen LogP contribution >= 0.6 is 0 Å². The minimum atomic E-state index is -0.171. The van der Waals surface area contributed by atoms with Crippen LogP contribution in [-0.4, -0.2) is 29.9 Å². The van der Waals surface area contributed by atoms with E-state index in [1.165, 1.54) is 0 Å². The number of benzene rings is 1. The number of amides is 1. The molecule has 1 amide bonds. The van der Waals surface area contributed by atoms with Crippen molar-refractivity contribution in [1.29, 1.82) is 0 Å². The molecule has 0 radical (unpaired) electrons. The summed E-state index contributed by atoms with van der Waals surface area (Å²) >= 11 is 0. The van der Waals surface area contributed by atoms with Gasteiger partial charge in [0.05, 0.1) is 20.3 Å². The highest BCUT2D eigenvalue weighted by molar-refractivity contribution is 5.76. The number of methoxy groups -OCH3 is 2. The Kier molecular flexibility index (Phi) is 5.41. The van der Waals surface area contributed by atoms with Crippen molar-refractivity contribution in [2.75, 3.05) is 14.2 Å². The van der Waals surface area contributed by atoms with E-state index in [0.29, 0.717) is 13.0 Å². The molecule has 1 aromatic carbocycles. The van der Waals surface area contributed by atoms with Gasteiger partial charge in [-0.05, 0) is 31.2 Å². The van der Waals surface area contributed by atoms with Gasteiger partial charge in [-0.2, -0.15) is 5.10 Å². The van der Waals surface area contributed by atoms with Crippen LogP contribution in [0.4, 0.5) is 0 Å². The second kappa shape index (κ2) is 7.49. The fourth-order valence-corrected chi connectivity index (χ4v) is 2.22. The molecule has 0 aliphatic heterocycles. The molecule has 1 atom stereocenters. The molecule has 0 unspecified atom stereocenters. The van der Waals surface area contributed by atoms with E-state index in [0.717, 1.165) is 17.1 Å². The van der Waals surface area contributed by atoms with Gasteiger partial charge in [0, 0.05) is 30.9 Å². The molecule has 1 aromatic heterocycles. The first-order valence-electron chi connectivity index (χ1n) is 7.12. The molecule has 2 rings (SSSR count). The third-order valence-electron chi connectivity index (χ3n) is 3.41. The summed E-state index contributed by atoms with van der Waals surface area (Å²) in [6, 6.07) is 7.20. The summed E-state index contributed by atoms with van der Waals surface area (Å²) in [5, 5.41) is 7.04. The van der Waals surface area contributed by atoms with Crippen LogP contribution in [0.15, 0.2) is 36.7 Å². The predicted octanol–water partition coefficient (Wildman–Crippen LogP) is 2.17. The molecule has 0 aliphatic carbocycles. The van der Waals surface area contributed by atoms with Crippen molar-refractivity contribution in [2.24, 2.45) is 0 Å². The van der Waals surface area contributed by atoms with Gasteiger partial charge < -0.3 is 14.8 Å². The molecule has 0 aliphatic rings. The second-order valence-corrected chi connectivity index (χ2v) is 4.92. The minimum Gasteiger partial charge on any atom is -0.497 e. The molecule has 0 bridgehead atoms. The largest absolute Gasteiger partial charge is 0.497 e. The van der Waals surface area contributed by atoms with E-state index in [1.54, 1.807) is 25.1 Å². The fourth-order valence-electron chi connectivity index (χ4n) is 2.22. The lowest BCUT2D eigenvalue weighted by Gasteiger charge is -2.18. The maximum absolute atomic E-state index is 12.1. The number of hydrogen-bond acceptors (Lipinski definition) is 4. The van der Waals surface area contributed by atoms with Crippen LogP contribution in [0.1, 0.15) is 24.9 Å². The van der Waals surface area contributed by atoms with E-state index < -0.39 is 0 Å². The van der Waals surface area contributed by atoms with Crippen LogP contribution in [0.2, 0.25) is 0 Å². The van der Waals surface area contributed by atoms with Crippen LogP contribution in [0.5, 0.6) is 11.5 Å². The molecular formula is C16H21N3O3. The summed E-state index contributed by atoms with van der Waals surface area (Å²) < 4.78 is 12.3. The van der Waals surface area contributed by atoms with Gasteiger partial charge in [-0.3, -0.25) is 9.48 Å². The van der Waals surface area contributed by atoms with E-state index in [1.807, 2.05) is 37.4 Å². The number of hydrogen-bond donors (Lipinski definition) is 1. The SMILES string of the molecule is COc1ccc(OC)c([C@@H](C)NC(=O)CCn2cccn2)c1. The number of carbonyl (C=O) groups is 1. The normalized spacial score (nSPS) is 11.8. The van der Waals surface area contributed by atoms with E-state index in [9.17, 15) is 4.79 Å². The van der Waals surface area contributed by atoms with Gasteiger partial charge in [-0.25, -0.2) is 0 Å². The van der Waals surface area contributed by atoms with E-state index in [-0.39, 0.29) is 11.9 Å². The van der Waals surface area contributed by atoms with Crippen molar-refractivity contribution < 1.29 is 14.3 Å². The topological polar surface area (TPSA) is 65.4 Å². The molecule has 6 heteroatoms. The number of rotatable bonds is 7. The number of ether oxygens (including phenoxy) is 2. The Hall–Kier alpha value is -2.50. The highest BCUT2D eigenvalue weighted by Crippen LogP contribution is 2.29. The molecule has 0 spiro atoms. The number of carbonyl (C=O) groups excluding carboxylic acids is 1. The van der Waals surface area contributed by atoms with Gasteiger partial charge in [-0.1, -0.05) is 0 Å². The van der Waals surface area contributed by atoms with Gasteiger partial charge in [0.25, 0.3) is 0 Å². The Morgan fingerprint density at radius 3 is 2.82 bits per heavy atom.